The number of benzene rings is 8. The molecule has 0 spiro atoms. The van der Waals surface area contributed by atoms with Gasteiger partial charge in [-0.05, 0) is 122 Å². The lowest BCUT2D eigenvalue weighted by atomic mass is 9.61. The summed E-state index contributed by atoms with van der Waals surface area (Å²) in [5.74, 6) is 2.37. The van der Waals surface area contributed by atoms with Crippen LogP contribution in [0.4, 0.5) is 17.1 Å². The number of hydrogen-bond acceptors (Lipinski definition) is 1. The van der Waals surface area contributed by atoms with Crippen LogP contribution in [0.15, 0.2) is 140 Å². The van der Waals surface area contributed by atoms with E-state index in [1.165, 1.54) is 142 Å². The average Bonchev–Trinajstić information content (AvgIpc) is 4.03. The molecule has 64 heavy (non-hydrogen) atoms. The lowest BCUT2D eigenvalue weighted by Gasteiger charge is -2.35. The van der Waals surface area contributed by atoms with Crippen LogP contribution in [-0.2, 0) is 5.41 Å². The summed E-state index contributed by atoms with van der Waals surface area (Å²) in [4.78, 5) is 2.59. The van der Waals surface area contributed by atoms with E-state index in [1.54, 1.807) is 5.56 Å². The summed E-state index contributed by atoms with van der Waals surface area (Å²) in [6, 6.07) is 52.6. The molecule has 304 valence electrons. The Morgan fingerprint density at radius 1 is 0.469 bits per heavy atom. The highest BCUT2D eigenvalue weighted by Crippen LogP contribution is 2.55. The molecule has 0 amide bonds. The van der Waals surface area contributed by atoms with Crippen LogP contribution in [0.1, 0.15) is 62.1 Å². The molecule has 2 fully saturated rings. The van der Waals surface area contributed by atoms with E-state index in [-0.39, 0.29) is 5.41 Å². The van der Waals surface area contributed by atoms with E-state index in [1.807, 2.05) is 0 Å². The van der Waals surface area contributed by atoms with Gasteiger partial charge in [-0.3, -0.25) is 0 Å². The summed E-state index contributed by atoms with van der Waals surface area (Å²) in [5, 5.41) is 2.81. The monoisotopic (exact) mass is 817 g/mol. The molecule has 0 radical (unpaired) electrons. The zero-order chi connectivity index (χ0) is 44.2. The number of fused-ring (bicyclic) bond motifs is 6. The van der Waals surface area contributed by atoms with E-state index in [2.05, 4.69) is 213 Å². The fourth-order valence-corrected chi connectivity index (χ4v) is 13.3. The molecule has 3 unspecified atom stereocenters. The summed E-state index contributed by atoms with van der Waals surface area (Å²) in [6.07, 6.45) is 5.55. The second-order valence-electron chi connectivity index (χ2n) is 20.2. The Morgan fingerprint density at radius 3 is 1.69 bits per heavy atom. The van der Waals surface area contributed by atoms with Crippen LogP contribution in [0, 0.1) is 11.8 Å². The Bertz CT molecular complexity index is 3180. The van der Waals surface area contributed by atoms with Crippen molar-refractivity contribution in [1.29, 1.82) is 0 Å². The minimum atomic E-state index is -0.161. The molecule has 3 aliphatic rings. The number of anilines is 3. The Labute approximate surface area is 387 Å². The molecule has 1 nitrogen and oxygen atoms in total. The molecular weight excluding hydrogens is 762 g/mol. The minimum absolute atomic E-state index is 0.161. The second kappa shape index (κ2) is 15.5. The first-order valence-electron chi connectivity index (χ1n) is 23.9. The number of hydrogen-bond donors (Lipinski definition) is 0. The molecule has 2 saturated carbocycles. The van der Waals surface area contributed by atoms with Crippen molar-refractivity contribution in [2.24, 2.45) is 11.8 Å². The van der Waals surface area contributed by atoms with Crippen LogP contribution in [0.5, 0.6) is 0 Å². The first kappa shape index (κ1) is 41.0. The summed E-state index contributed by atoms with van der Waals surface area (Å²) < 4.78 is 0. The van der Waals surface area contributed by atoms with Crippen LogP contribution in [0.2, 0.25) is 0 Å². The van der Waals surface area contributed by atoms with Crippen LogP contribution < -0.4 is 43.1 Å². The Kier molecular flexibility index (Phi) is 9.91. The first-order valence-corrected chi connectivity index (χ1v) is 23.9. The molecule has 11 rings (SSSR count). The maximum Gasteiger partial charge on any atom is 0.142 e. The number of rotatable bonds is 7. The van der Waals surface area contributed by atoms with Crippen molar-refractivity contribution in [3.63, 3.8) is 0 Å². The van der Waals surface area contributed by atoms with E-state index >= 15 is 0 Å². The van der Waals surface area contributed by atoms with E-state index in [0.29, 0.717) is 5.92 Å². The quantitative estimate of drug-likeness (QED) is 0.224. The Morgan fingerprint density at radius 2 is 1.03 bits per heavy atom. The maximum atomic E-state index is 2.59. The third kappa shape index (κ3) is 6.14. The van der Waals surface area contributed by atoms with Crippen LogP contribution in [0.3, 0.4) is 0 Å². The Balaban J connectivity index is 1.13. The van der Waals surface area contributed by atoms with Gasteiger partial charge in [-0.2, -0.15) is 0 Å². The van der Waals surface area contributed by atoms with Crippen molar-refractivity contribution in [3.8, 4) is 44.5 Å². The fourth-order valence-electron chi connectivity index (χ4n) is 13.3. The molecule has 2 bridgehead atoms. The topological polar surface area (TPSA) is 3.24 Å². The van der Waals surface area contributed by atoms with Gasteiger partial charge in [0.1, 0.15) is 54.9 Å². The zero-order valence-corrected chi connectivity index (χ0v) is 39.3. The average molecular weight is 817 g/mol. The fraction of sp³-hybridized carbons (Fsp3) is 0.179. The summed E-state index contributed by atoms with van der Waals surface area (Å²) >= 11 is 0. The molecule has 8 heteroatoms. The smallest absolute Gasteiger partial charge is 0.142 e. The van der Waals surface area contributed by atoms with Crippen molar-refractivity contribution in [2.45, 2.75) is 50.9 Å². The van der Waals surface area contributed by atoms with Gasteiger partial charge in [-0.15, -0.1) is 10.9 Å². The Hall–Kier alpha value is -5.73. The summed E-state index contributed by atoms with van der Waals surface area (Å²) in [6.45, 7) is 4.94. The highest BCUT2D eigenvalue weighted by molar-refractivity contribution is 6.65. The van der Waals surface area contributed by atoms with E-state index in [4.69, 9.17) is 0 Å². The maximum absolute atomic E-state index is 2.59. The van der Waals surface area contributed by atoms with Gasteiger partial charge in [0.15, 0.2) is 0 Å². The molecule has 0 saturated heterocycles. The SMILES string of the molecule is Bc1c(B)c(B)c2c(c1B)-c1c(B)c(B)c(N(c3ccc(-c4ccc(C5CC6CCC5C6)c5cccc(-c6ccccc6)c45)cc3)c3ccccc3-c3ccccc3)c(B)c1C2(C)C. The van der Waals surface area contributed by atoms with Crippen molar-refractivity contribution in [1.82, 2.24) is 0 Å². The highest BCUT2D eigenvalue weighted by atomic mass is 15.1. The molecule has 3 atom stereocenters. The van der Waals surface area contributed by atoms with Gasteiger partial charge in [-0.1, -0.05) is 169 Å². The van der Waals surface area contributed by atoms with Gasteiger partial charge >= 0.3 is 0 Å². The molecule has 8 aromatic rings. The first-order chi connectivity index (χ1) is 31.0. The van der Waals surface area contributed by atoms with Gasteiger partial charge in [0.25, 0.3) is 0 Å². The van der Waals surface area contributed by atoms with Gasteiger partial charge in [-0.25, -0.2) is 0 Å². The van der Waals surface area contributed by atoms with Gasteiger partial charge in [0.05, 0.1) is 5.69 Å². The van der Waals surface area contributed by atoms with Crippen molar-refractivity contribution in [2.75, 3.05) is 4.90 Å². The minimum Gasteiger partial charge on any atom is -0.311 e. The molecule has 3 aliphatic carbocycles. The lowest BCUT2D eigenvalue weighted by molar-refractivity contribution is 0.422. The largest absolute Gasteiger partial charge is 0.311 e. The zero-order valence-electron chi connectivity index (χ0n) is 39.3. The molecule has 8 aromatic carbocycles. The third-order valence-corrected chi connectivity index (χ3v) is 16.6. The molecular formula is C56H54B7N. The number of nitrogens with zero attached hydrogens (tertiary/aromatic N) is 1. The van der Waals surface area contributed by atoms with Gasteiger partial charge in [0.2, 0.25) is 0 Å². The van der Waals surface area contributed by atoms with E-state index < -0.39 is 0 Å². The van der Waals surface area contributed by atoms with Crippen molar-refractivity contribution in [3.05, 3.63) is 156 Å². The summed E-state index contributed by atoms with van der Waals surface area (Å²) in [7, 11) is 16.5. The van der Waals surface area contributed by atoms with Crippen LogP contribution in [0.25, 0.3) is 55.3 Å². The van der Waals surface area contributed by atoms with Crippen LogP contribution in [-0.4, -0.2) is 54.9 Å². The molecule has 0 aliphatic heterocycles. The van der Waals surface area contributed by atoms with Gasteiger partial charge in [0, 0.05) is 22.4 Å². The van der Waals surface area contributed by atoms with Crippen molar-refractivity contribution >= 4 is 121 Å². The second-order valence-corrected chi connectivity index (χ2v) is 20.2. The third-order valence-electron chi connectivity index (χ3n) is 16.6. The highest BCUT2D eigenvalue weighted by Gasteiger charge is 2.43. The van der Waals surface area contributed by atoms with Crippen molar-refractivity contribution < 1.29 is 0 Å². The van der Waals surface area contributed by atoms with E-state index in [9.17, 15) is 0 Å². The predicted molar refractivity (Wildman–Crippen MR) is 298 cm³/mol. The molecule has 0 N–H and O–H groups in total. The molecule has 0 aromatic heterocycles. The standard InChI is InChI=1S/C56H54B7N/c1-56(2)46-44(48(57)52(61)53(62)50(46)59)45-47(56)51(60)55(54(63)49(45)58)64(42-19-10-9-16-36(42)31-12-5-3-6-13-31)35-24-22-33(23-25-35)38-26-27-39(41-29-30-20-21-34(41)28-30)40-18-11-17-37(43(38)40)32-14-7-4-8-15-32/h3-19,22-27,30,34,41H,20-21,28-29,57-63H2,1-2H3. The molecule has 0 heterocycles. The predicted octanol–water partition coefficient (Wildman–Crippen LogP) is 3.33. The summed E-state index contributed by atoms with van der Waals surface area (Å²) in [5.41, 5.74) is 28.3. The lowest BCUT2D eigenvalue weighted by Crippen LogP contribution is -2.51. The van der Waals surface area contributed by atoms with E-state index in [0.717, 1.165) is 17.5 Å². The van der Waals surface area contributed by atoms with Crippen LogP contribution >= 0.6 is 0 Å². The normalized spacial score (nSPS) is 18.0. The number of para-hydroxylation sites is 1. The van der Waals surface area contributed by atoms with Gasteiger partial charge < -0.3 is 4.90 Å².